The first kappa shape index (κ1) is 16.4. The Morgan fingerprint density at radius 1 is 1.19 bits per heavy atom. The van der Waals surface area contributed by atoms with Crippen LogP contribution in [0.15, 0.2) is 24.3 Å². The lowest BCUT2D eigenvalue weighted by Crippen LogP contribution is -2.48. The molecule has 1 N–H and O–H groups in total. The predicted molar refractivity (Wildman–Crippen MR) is 84.8 cm³/mol. The highest BCUT2D eigenvalue weighted by Gasteiger charge is 2.23. The number of hydrogen-bond donors (Lipinski definition) is 1. The number of aliphatic hydroxyl groups excluding tert-OH is 1. The van der Waals surface area contributed by atoms with Crippen LogP contribution in [0.1, 0.15) is 18.4 Å². The Morgan fingerprint density at radius 3 is 2.29 bits per heavy atom. The lowest BCUT2D eigenvalue weighted by molar-refractivity contribution is -0.119. The molecule has 21 heavy (non-hydrogen) atoms. The standard InChI is InChI=1S/C16H23ClN2O2/c1-13(21)16(14-2-4-15(17)5-3-14)12-19-8-6-18(7-9-19)10-11-20/h2-5,16,20H,6-12H2,1H3. The van der Waals surface area contributed by atoms with Crippen molar-refractivity contribution in [2.24, 2.45) is 0 Å². The lowest BCUT2D eigenvalue weighted by atomic mass is 9.94. The number of benzene rings is 1. The summed E-state index contributed by atoms with van der Waals surface area (Å²) < 4.78 is 0. The van der Waals surface area contributed by atoms with Crippen LogP contribution >= 0.6 is 11.6 Å². The zero-order chi connectivity index (χ0) is 15.2. The number of halogens is 1. The minimum atomic E-state index is -0.0911. The summed E-state index contributed by atoms with van der Waals surface area (Å²) in [4.78, 5) is 16.5. The number of carbonyl (C=O) groups excluding carboxylic acids is 1. The Balaban J connectivity index is 1.95. The molecular formula is C16H23ClN2O2. The van der Waals surface area contributed by atoms with Crippen LogP contribution in [0.3, 0.4) is 0 Å². The molecule has 4 nitrogen and oxygen atoms in total. The van der Waals surface area contributed by atoms with E-state index in [2.05, 4.69) is 9.80 Å². The molecule has 0 spiro atoms. The van der Waals surface area contributed by atoms with Gasteiger partial charge in [0, 0.05) is 44.3 Å². The molecule has 1 aromatic rings. The van der Waals surface area contributed by atoms with Gasteiger partial charge in [-0.25, -0.2) is 0 Å². The lowest BCUT2D eigenvalue weighted by Gasteiger charge is -2.35. The molecule has 0 aromatic heterocycles. The van der Waals surface area contributed by atoms with E-state index in [4.69, 9.17) is 16.7 Å². The second-order valence-corrected chi connectivity index (χ2v) is 6.02. The van der Waals surface area contributed by atoms with Crippen LogP contribution in [0.5, 0.6) is 0 Å². The molecule has 0 radical (unpaired) electrons. The van der Waals surface area contributed by atoms with Crippen LogP contribution in [0, 0.1) is 0 Å². The second-order valence-electron chi connectivity index (χ2n) is 5.58. The van der Waals surface area contributed by atoms with E-state index in [1.807, 2.05) is 24.3 Å². The van der Waals surface area contributed by atoms with Gasteiger partial charge in [-0.3, -0.25) is 14.6 Å². The number of aliphatic hydroxyl groups is 1. The average Bonchev–Trinajstić information content (AvgIpc) is 2.47. The molecular weight excluding hydrogens is 288 g/mol. The Hall–Kier alpha value is -0.940. The van der Waals surface area contributed by atoms with Gasteiger partial charge in [0.25, 0.3) is 0 Å². The van der Waals surface area contributed by atoms with Gasteiger partial charge in [-0.05, 0) is 24.6 Å². The van der Waals surface area contributed by atoms with Crippen molar-refractivity contribution in [3.63, 3.8) is 0 Å². The third kappa shape index (κ3) is 4.78. The summed E-state index contributed by atoms with van der Waals surface area (Å²) in [6, 6.07) is 7.56. The fourth-order valence-corrected chi connectivity index (χ4v) is 2.88. The van der Waals surface area contributed by atoms with Crippen molar-refractivity contribution < 1.29 is 9.90 Å². The van der Waals surface area contributed by atoms with Gasteiger partial charge in [-0.15, -0.1) is 0 Å². The molecule has 0 aliphatic carbocycles. The quantitative estimate of drug-likeness (QED) is 0.867. The zero-order valence-electron chi connectivity index (χ0n) is 12.5. The molecule has 2 rings (SSSR count). The summed E-state index contributed by atoms with van der Waals surface area (Å²) in [6.45, 7) is 7.14. The summed E-state index contributed by atoms with van der Waals surface area (Å²) >= 11 is 5.91. The highest BCUT2D eigenvalue weighted by Crippen LogP contribution is 2.21. The minimum Gasteiger partial charge on any atom is -0.395 e. The van der Waals surface area contributed by atoms with Gasteiger partial charge in [-0.1, -0.05) is 23.7 Å². The molecule has 1 aliphatic heterocycles. The van der Waals surface area contributed by atoms with Crippen molar-refractivity contribution in [3.8, 4) is 0 Å². The van der Waals surface area contributed by atoms with Crippen LogP contribution in [0.25, 0.3) is 0 Å². The van der Waals surface area contributed by atoms with Gasteiger partial charge < -0.3 is 5.11 Å². The van der Waals surface area contributed by atoms with E-state index in [0.717, 1.165) is 44.8 Å². The maximum absolute atomic E-state index is 12.0. The summed E-state index contributed by atoms with van der Waals surface area (Å²) in [5.41, 5.74) is 1.03. The third-order valence-corrected chi connectivity index (χ3v) is 4.34. The molecule has 1 atom stereocenters. The van der Waals surface area contributed by atoms with E-state index in [9.17, 15) is 4.79 Å². The van der Waals surface area contributed by atoms with Gasteiger partial charge in [0.15, 0.2) is 0 Å². The van der Waals surface area contributed by atoms with Gasteiger partial charge >= 0.3 is 0 Å². The van der Waals surface area contributed by atoms with Crippen molar-refractivity contribution in [2.75, 3.05) is 45.9 Å². The first-order chi connectivity index (χ1) is 10.1. The smallest absolute Gasteiger partial charge is 0.138 e. The molecule has 1 aromatic carbocycles. The molecule has 1 unspecified atom stereocenters. The highest BCUT2D eigenvalue weighted by molar-refractivity contribution is 6.30. The maximum Gasteiger partial charge on any atom is 0.138 e. The number of carbonyl (C=O) groups is 1. The minimum absolute atomic E-state index is 0.0911. The first-order valence-corrected chi connectivity index (χ1v) is 7.79. The van der Waals surface area contributed by atoms with Crippen LogP contribution in [-0.2, 0) is 4.79 Å². The fraction of sp³-hybridized carbons (Fsp3) is 0.562. The van der Waals surface area contributed by atoms with Crippen LogP contribution in [0.4, 0.5) is 0 Å². The molecule has 116 valence electrons. The monoisotopic (exact) mass is 310 g/mol. The van der Waals surface area contributed by atoms with Gasteiger partial charge in [0.2, 0.25) is 0 Å². The number of β-amino-alcohol motifs (C(OH)–C–C–N with tert-alkyl or cyclic N) is 1. The van der Waals surface area contributed by atoms with E-state index < -0.39 is 0 Å². The van der Waals surface area contributed by atoms with Crippen LogP contribution < -0.4 is 0 Å². The van der Waals surface area contributed by atoms with Gasteiger partial charge in [0.1, 0.15) is 5.78 Å². The average molecular weight is 311 g/mol. The van der Waals surface area contributed by atoms with Crippen molar-refractivity contribution >= 4 is 17.4 Å². The number of hydrogen-bond acceptors (Lipinski definition) is 4. The molecule has 5 heteroatoms. The number of rotatable bonds is 6. The summed E-state index contributed by atoms with van der Waals surface area (Å²) in [7, 11) is 0. The third-order valence-electron chi connectivity index (χ3n) is 4.09. The van der Waals surface area contributed by atoms with E-state index in [0.29, 0.717) is 5.02 Å². The number of piperazine rings is 1. The van der Waals surface area contributed by atoms with Crippen molar-refractivity contribution in [2.45, 2.75) is 12.8 Å². The zero-order valence-corrected chi connectivity index (χ0v) is 13.2. The van der Waals surface area contributed by atoms with Crippen molar-refractivity contribution in [1.29, 1.82) is 0 Å². The van der Waals surface area contributed by atoms with Gasteiger partial charge in [0.05, 0.1) is 12.5 Å². The SMILES string of the molecule is CC(=O)C(CN1CCN(CCO)CC1)c1ccc(Cl)cc1. The van der Waals surface area contributed by atoms with Gasteiger partial charge in [-0.2, -0.15) is 0 Å². The molecule has 0 bridgehead atoms. The largest absolute Gasteiger partial charge is 0.395 e. The fourth-order valence-electron chi connectivity index (χ4n) is 2.76. The second kappa shape index (κ2) is 7.90. The number of nitrogens with zero attached hydrogens (tertiary/aromatic N) is 2. The Kier molecular flexibility index (Phi) is 6.18. The van der Waals surface area contributed by atoms with Crippen molar-refractivity contribution in [1.82, 2.24) is 9.80 Å². The molecule has 0 saturated carbocycles. The number of Topliss-reactive ketones (excluding diaryl/α,β-unsaturated/α-hetero) is 1. The Labute approximate surface area is 131 Å². The Bertz CT molecular complexity index is 456. The molecule has 1 aliphatic rings. The summed E-state index contributed by atoms with van der Waals surface area (Å²) in [5.74, 6) is 0.0989. The van der Waals surface area contributed by atoms with Crippen LogP contribution in [-0.4, -0.2) is 66.6 Å². The topological polar surface area (TPSA) is 43.8 Å². The number of ketones is 1. The van der Waals surface area contributed by atoms with E-state index in [-0.39, 0.29) is 18.3 Å². The van der Waals surface area contributed by atoms with Crippen molar-refractivity contribution in [3.05, 3.63) is 34.9 Å². The highest BCUT2D eigenvalue weighted by atomic mass is 35.5. The summed E-state index contributed by atoms with van der Waals surface area (Å²) in [5, 5.41) is 9.66. The normalized spacial score (nSPS) is 18.6. The predicted octanol–water partition coefficient (Wildman–Crippen LogP) is 1.62. The maximum atomic E-state index is 12.0. The molecule has 0 amide bonds. The molecule has 1 saturated heterocycles. The Morgan fingerprint density at radius 2 is 1.76 bits per heavy atom. The van der Waals surface area contributed by atoms with E-state index in [1.54, 1.807) is 6.92 Å². The van der Waals surface area contributed by atoms with E-state index >= 15 is 0 Å². The molecule has 1 heterocycles. The molecule has 1 fully saturated rings. The van der Waals surface area contributed by atoms with Crippen LogP contribution in [0.2, 0.25) is 5.02 Å². The first-order valence-electron chi connectivity index (χ1n) is 7.41. The van der Waals surface area contributed by atoms with E-state index in [1.165, 1.54) is 0 Å². The summed E-state index contributed by atoms with van der Waals surface area (Å²) in [6.07, 6.45) is 0.